The lowest BCUT2D eigenvalue weighted by Crippen LogP contribution is -2.28. The van der Waals surface area contributed by atoms with Crippen molar-refractivity contribution in [3.63, 3.8) is 0 Å². The van der Waals surface area contributed by atoms with Crippen LogP contribution in [0.5, 0.6) is 11.5 Å². The molecule has 0 spiro atoms. The number of rotatable bonds is 3. The highest BCUT2D eigenvalue weighted by Gasteiger charge is 2.20. The minimum atomic E-state index is 0.469. The molecule has 17 heavy (non-hydrogen) atoms. The van der Waals surface area contributed by atoms with E-state index in [0.717, 1.165) is 29.4 Å². The molecule has 1 aliphatic rings. The number of methoxy groups -OCH3 is 2. The van der Waals surface area contributed by atoms with Crippen LogP contribution in [0, 0.1) is 0 Å². The van der Waals surface area contributed by atoms with Crippen molar-refractivity contribution in [2.75, 3.05) is 27.3 Å². The first-order valence-electron chi connectivity index (χ1n) is 5.88. The van der Waals surface area contributed by atoms with Gasteiger partial charge in [0.15, 0.2) is 11.5 Å². The Hall–Kier alpha value is -0.930. The maximum absolute atomic E-state index is 6.31. The topological polar surface area (TPSA) is 30.5 Å². The fourth-order valence-electron chi connectivity index (χ4n) is 2.30. The van der Waals surface area contributed by atoms with E-state index in [1.165, 1.54) is 12.8 Å². The van der Waals surface area contributed by atoms with Crippen LogP contribution in [0.4, 0.5) is 0 Å². The van der Waals surface area contributed by atoms with Crippen LogP contribution < -0.4 is 14.8 Å². The Bertz CT molecular complexity index is 389. The third-order valence-electron chi connectivity index (χ3n) is 3.24. The smallest absolute Gasteiger partial charge is 0.162 e. The average molecular weight is 256 g/mol. The molecule has 1 unspecified atom stereocenters. The fraction of sp³-hybridized carbons (Fsp3) is 0.538. The summed E-state index contributed by atoms with van der Waals surface area (Å²) in [4.78, 5) is 0. The van der Waals surface area contributed by atoms with Gasteiger partial charge >= 0.3 is 0 Å². The summed E-state index contributed by atoms with van der Waals surface area (Å²) in [6.07, 6.45) is 2.36. The molecule has 1 aromatic carbocycles. The number of hydrogen-bond donors (Lipinski definition) is 1. The second-order valence-corrected chi connectivity index (χ2v) is 4.68. The molecule has 1 fully saturated rings. The van der Waals surface area contributed by atoms with E-state index in [1.807, 2.05) is 12.1 Å². The monoisotopic (exact) mass is 255 g/mol. The van der Waals surface area contributed by atoms with Crippen LogP contribution in [0.2, 0.25) is 5.02 Å². The van der Waals surface area contributed by atoms with Crippen LogP contribution in [0.25, 0.3) is 0 Å². The van der Waals surface area contributed by atoms with Crippen molar-refractivity contribution in [2.45, 2.75) is 18.8 Å². The Morgan fingerprint density at radius 2 is 1.94 bits per heavy atom. The zero-order valence-electron chi connectivity index (χ0n) is 10.3. The van der Waals surface area contributed by atoms with Crippen LogP contribution in [0.15, 0.2) is 12.1 Å². The number of hydrogen-bond acceptors (Lipinski definition) is 3. The molecule has 2 rings (SSSR count). The highest BCUT2D eigenvalue weighted by molar-refractivity contribution is 6.31. The lowest BCUT2D eigenvalue weighted by atomic mass is 9.91. The highest BCUT2D eigenvalue weighted by Crippen LogP contribution is 2.38. The number of nitrogens with one attached hydrogen (secondary N) is 1. The van der Waals surface area contributed by atoms with E-state index in [4.69, 9.17) is 21.1 Å². The molecule has 94 valence electrons. The molecule has 0 bridgehead atoms. The predicted octanol–water partition coefficient (Wildman–Crippen LogP) is 2.82. The summed E-state index contributed by atoms with van der Waals surface area (Å²) >= 11 is 6.31. The second kappa shape index (κ2) is 5.61. The normalized spacial score (nSPS) is 20.1. The van der Waals surface area contributed by atoms with E-state index < -0.39 is 0 Å². The molecule has 1 aromatic rings. The summed E-state index contributed by atoms with van der Waals surface area (Å²) in [6, 6.07) is 3.84. The van der Waals surface area contributed by atoms with E-state index in [9.17, 15) is 0 Å². The van der Waals surface area contributed by atoms with Gasteiger partial charge in [0, 0.05) is 17.6 Å². The lowest BCUT2D eigenvalue weighted by Gasteiger charge is -2.24. The SMILES string of the molecule is COc1cc(Cl)c(C2CCCNC2)cc1OC. The summed E-state index contributed by atoms with van der Waals surface area (Å²) in [5, 5.41) is 4.16. The Balaban J connectivity index is 2.32. The van der Waals surface area contributed by atoms with Crippen LogP contribution in [-0.4, -0.2) is 27.3 Å². The molecule has 1 N–H and O–H groups in total. The third kappa shape index (κ3) is 2.67. The molecule has 0 saturated carbocycles. The minimum absolute atomic E-state index is 0.469. The fourth-order valence-corrected chi connectivity index (χ4v) is 2.61. The molecule has 4 heteroatoms. The first kappa shape index (κ1) is 12.5. The first-order valence-corrected chi connectivity index (χ1v) is 6.26. The summed E-state index contributed by atoms with van der Waals surface area (Å²) in [5.74, 6) is 1.90. The molecule has 3 nitrogen and oxygen atoms in total. The standard InChI is InChI=1S/C13H18ClNO2/c1-16-12-6-10(9-4-3-5-15-8-9)11(14)7-13(12)17-2/h6-7,9,15H,3-5,8H2,1-2H3. The maximum Gasteiger partial charge on any atom is 0.162 e. The Morgan fingerprint density at radius 1 is 1.24 bits per heavy atom. The van der Waals surface area contributed by atoms with Gasteiger partial charge in [-0.3, -0.25) is 0 Å². The van der Waals surface area contributed by atoms with Gasteiger partial charge in [0.25, 0.3) is 0 Å². The largest absolute Gasteiger partial charge is 0.493 e. The first-order chi connectivity index (χ1) is 8.26. The zero-order valence-corrected chi connectivity index (χ0v) is 11.0. The van der Waals surface area contributed by atoms with E-state index in [-0.39, 0.29) is 0 Å². The number of benzene rings is 1. The van der Waals surface area contributed by atoms with Crippen molar-refractivity contribution >= 4 is 11.6 Å². The molecular formula is C13H18ClNO2. The molecule has 1 heterocycles. The van der Waals surface area contributed by atoms with Crippen LogP contribution in [0.3, 0.4) is 0 Å². The molecular weight excluding hydrogens is 238 g/mol. The zero-order chi connectivity index (χ0) is 12.3. The van der Waals surface area contributed by atoms with Gasteiger partial charge in [-0.25, -0.2) is 0 Å². The van der Waals surface area contributed by atoms with Crippen LogP contribution in [-0.2, 0) is 0 Å². The maximum atomic E-state index is 6.31. The van der Waals surface area contributed by atoms with E-state index >= 15 is 0 Å². The Kier molecular flexibility index (Phi) is 4.13. The van der Waals surface area contributed by atoms with Gasteiger partial charge in [-0.1, -0.05) is 11.6 Å². The second-order valence-electron chi connectivity index (χ2n) is 4.27. The van der Waals surface area contributed by atoms with Crippen molar-refractivity contribution in [3.8, 4) is 11.5 Å². The average Bonchev–Trinajstić information content (AvgIpc) is 2.39. The van der Waals surface area contributed by atoms with Gasteiger partial charge < -0.3 is 14.8 Å². The summed E-state index contributed by atoms with van der Waals surface area (Å²) < 4.78 is 10.6. The van der Waals surface area contributed by atoms with Gasteiger partial charge in [-0.2, -0.15) is 0 Å². The van der Waals surface area contributed by atoms with E-state index in [0.29, 0.717) is 11.7 Å². The molecule has 1 aliphatic heterocycles. The Labute approximate surface area is 107 Å². The highest BCUT2D eigenvalue weighted by atomic mass is 35.5. The Morgan fingerprint density at radius 3 is 2.53 bits per heavy atom. The molecule has 0 aromatic heterocycles. The number of ether oxygens (including phenoxy) is 2. The van der Waals surface area contributed by atoms with Gasteiger partial charge in [0.05, 0.1) is 14.2 Å². The van der Waals surface area contributed by atoms with E-state index in [2.05, 4.69) is 5.32 Å². The van der Waals surface area contributed by atoms with Crippen molar-refractivity contribution < 1.29 is 9.47 Å². The summed E-state index contributed by atoms with van der Waals surface area (Å²) in [7, 11) is 3.27. The molecule has 1 saturated heterocycles. The predicted molar refractivity (Wildman–Crippen MR) is 69.4 cm³/mol. The van der Waals surface area contributed by atoms with Crippen molar-refractivity contribution in [3.05, 3.63) is 22.7 Å². The van der Waals surface area contributed by atoms with Gasteiger partial charge in [0.2, 0.25) is 0 Å². The van der Waals surface area contributed by atoms with Gasteiger partial charge in [0.1, 0.15) is 0 Å². The minimum Gasteiger partial charge on any atom is -0.493 e. The van der Waals surface area contributed by atoms with E-state index in [1.54, 1.807) is 14.2 Å². The van der Waals surface area contributed by atoms with Crippen molar-refractivity contribution in [1.29, 1.82) is 0 Å². The molecule has 0 radical (unpaired) electrons. The quantitative estimate of drug-likeness (QED) is 0.901. The van der Waals surface area contributed by atoms with Crippen LogP contribution in [0.1, 0.15) is 24.3 Å². The molecule has 0 aliphatic carbocycles. The summed E-state index contributed by atoms with van der Waals surface area (Å²) in [6.45, 7) is 2.08. The van der Waals surface area contributed by atoms with Crippen molar-refractivity contribution in [1.82, 2.24) is 5.32 Å². The van der Waals surface area contributed by atoms with Crippen molar-refractivity contribution in [2.24, 2.45) is 0 Å². The molecule has 0 amide bonds. The van der Waals surface area contributed by atoms with Crippen LogP contribution >= 0.6 is 11.6 Å². The molecule has 1 atom stereocenters. The number of halogens is 1. The van der Waals surface area contributed by atoms with Gasteiger partial charge in [-0.15, -0.1) is 0 Å². The lowest BCUT2D eigenvalue weighted by molar-refractivity contribution is 0.353. The third-order valence-corrected chi connectivity index (χ3v) is 3.57. The number of piperidine rings is 1. The van der Waals surface area contributed by atoms with Gasteiger partial charge in [-0.05, 0) is 36.9 Å². The summed E-state index contributed by atoms with van der Waals surface area (Å²) in [5.41, 5.74) is 1.15.